The van der Waals surface area contributed by atoms with E-state index in [1.54, 1.807) is 7.05 Å². The van der Waals surface area contributed by atoms with Gasteiger partial charge in [-0.25, -0.2) is 0 Å². The zero-order valence-corrected chi connectivity index (χ0v) is 8.45. The summed E-state index contributed by atoms with van der Waals surface area (Å²) in [7, 11) is 3.54. The summed E-state index contributed by atoms with van der Waals surface area (Å²) >= 11 is 0. The molecule has 0 amide bonds. The highest BCUT2D eigenvalue weighted by molar-refractivity contribution is 6.02. The molecule has 1 N–H and O–H groups in total. The zero-order valence-electron chi connectivity index (χ0n) is 8.45. The second-order valence-electron chi connectivity index (χ2n) is 3.73. The molecule has 76 valence electrons. The van der Waals surface area contributed by atoms with Gasteiger partial charge in [0.1, 0.15) is 0 Å². The standard InChI is InChI=1S/C9H14N4O/c1-10-9(4-3-5-9)8(14)7-6-11-13(2)12-7/h6,10H,3-5H2,1-2H3. The van der Waals surface area contributed by atoms with E-state index in [-0.39, 0.29) is 11.3 Å². The lowest BCUT2D eigenvalue weighted by Gasteiger charge is -2.39. The van der Waals surface area contributed by atoms with Crippen molar-refractivity contribution in [2.45, 2.75) is 24.8 Å². The number of nitrogens with one attached hydrogen (secondary N) is 1. The van der Waals surface area contributed by atoms with Gasteiger partial charge < -0.3 is 5.32 Å². The van der Waals surface area contributed by atoms with Gasteiger partial charge in [0.15, 0.2) is 5.69 Å². The van der Waals surface area contributed by atoms with Crippen LogP contribution in [0.5, 0.6) is 0 Å². The van der Waals surface area contributed by atoms with E-state index in [4.69, 9.17) is 0 Å². The topological polar surface area (TPSA) is 59.8 Å². The molecule has 0 saturated heterocycles. The van der Waals surface area contributed by atoms with Crippen LogP contribution in [0.4, 0.5) is 0 Å². The molecule has 1 heterocycles. The molecule has 1 aliphatic rings. The summed E-state index contributed by atoms with van der Waals surface area (Å²) in [5.74, 6) is 0.0688. The van der Waals surface area contributed by atoms with Gasteiger partial charge in [0.2, 0.25) is 5.78 Å². The van der Waals surface area contributed by atoms with E-state index in [9.17, 15) is 4.79 Å². The van der Waals surface area contributed by atoms with Gasteiger partial charge in [0.25, 0.3) is 0 Å². The van der Waals surface area contributed by atoms with Crippen LogP contribution in [-0.4, -0.2) is 33.4 Å². The Kier molecular flexibility index (Phi) is 2.11. The van der Waals surface area contributed by atoms with E-state index in [0.29, 0.717) is 5.69 Å². The molecule has 1 saturated carbocycles. The predicted octanol–water partition coefficient (Wildman–Crippen LogP) is 0.140. The molecule has 5 heteroatoms. The molecular formula is C9H14N4O. The fraction of sp³-hybridized carbons (Fsp3) is 0.667. The number of carbonyl (C=O) groups is 1. The first kappa shape index (κ1) is 9.33. The smallest absolute Gasteiger partial charge is 0.204 e. The lowest BCUT2D eigenvalue weighted by Crippen LogP contribution is -2.55. The average molecular weight is 194 g/mol. The fourth-order valence-electron chi connectivity index (χ4n) is 1.82. The Labute approximate surface area is 82.5 Å². The summed E-state index contributed by atoms with van der Waals surface area (Å²) in [4.78, 5) is 13.4. The third kappa shape index (κ3) is 1.24. The van der Waals surface area contributed by atoms with Crippen LogP contribution in [0, 0.1) is 0 Å². The normalized spacial score (nSPS) is 19.0. The van der Waals surface area contributed by atoms with E-state index in [2.05, 4.69) is 15.5 Å². The van der Waals surface area contributed by atoms with Crippen molar-refractivity contribution in [2.24, 2.45) is 7.05 Å². The van der Waals surface area contributed by atoms with Crippen LogP contribution >= 0.6 is 0 Å². The maximum absolute atomic E-state index is 12.0. The molecule has 0 spiro atoms. The van der Waals surface area contributed by atoms with Crippen LogP contribution in [0.15, 0.2) is 6.20 Å². The number of aromatic nitrogens is 3. The molecule has 0 radical (unpaired) electrons. The van der Waals surface area contributed by atoms with E-state index in [1.807, 2.05) is 7.05 Å². The van der Waals surface area contributed by atoms with Crippen LogP contribution < -0.4 is 5.32 Å². The fourth-order valence-corrected chi connectivity index (χ4v) is 1.82. The number of rotatable bonds is 3. The largest absolute Gasteiger partial charge is 0.308 e. The molecule has 2 rings (SSSR count). The highest BCUT2D eigenvalue weighted by atomic mass is 16.1. The highest BCUT2D eigenvalue weighted by Gasteiger charge is 2.43. The maximum atomic E-state index is 12.0. The van der Waals surface area contributed by atoms with Crippen molar-refractivity contribution in [3.8, 4) is 0 Å². The van der Waals surface area contributed by atoms with E-state index in [1.165, 1.54) is 11.0 Å². The Morgan fingerprint density at radius 2 is 2.36 bits per heavy atom. The van der Waals surface area contributed by atoms with Gasteiger partial charge in [-0.15, -0.1) is 0 Å². The summed E-state index contributed by atoms with van der Waals surface area (Å²) in [5, 5.41) is 11.0. The number of hydrogen-bond donors (Lipinski definition) is 1. The molecule has 1 aliphatic carbocycles. The first-order valence-electron chi connectivity index (χ1n) is 4.78. The van der Waals surface area contributed by atoms with Crippen LogP contribution in [0.2, 0.25) is 0 Å². The molecule has 5 nitrogen and oxygen atoms in total. The minimum Gasteiger partial charge on any atom is -0.308 e. The van der Waals surface area contributed by atoms with Crippen LogP contribution in [-0.2, 0) is 7.05 Å². The third-order valence-corrected chi connectivity index (χ3v) is 2.95. The summed E-state index contributed by atoms with van der Waals surface area (Å²) in [6.45, 7) is 0. The predicted molar refractivity (Wildman–Crippen MR) is 51.0 cm³/mol. The van der Waals surface area contributed by atoms with Crippen molar-refractivity contribution < 1.29 is 4.79 Å². The molecule has 0 atom stereocenters. The molecule has 0 bridgehead atoms. The lowest BCUT2D eigenvalue weighted by atomic mass is 9.73. The van der Waals surface area contributed by atoms with Gasteiger partial charge >= 0.3 is 0 Å². The van der Waals surface area contributed by atoms with Crippen LogP contribution in [0.3, 0.4) is 0 Å². The number of carbonyl (C=O) groups excluding carboxylic acids is 1. The van der Waals surface area contributed by atoms with Crippen molar-refractivity contribution >= 4 is 5.78 Å². The van der Waals surface area contributed by atoms with Crippen LogP contribution in [0.1, 0.15) is 29.8 Å². The Morgan fingerprint density at radius 1 is 1.64 bits per heavy atom. The molecule has 1 fully saturated rings. The van der Waals surface area contributed by atoms with Crippen molar-refractivity contribution in [1.29, 1.82) is 0 Å². The Balaban J connectivity index is 2.23. The second kappa shape index (κ2) is 3.16. The number of ketones is 1. The Bertz CT molecular complexity index is 348. The summed E-state index contributed by atoms with van der Waals surface area (Å²) in [6.07, 6.45) is 4.43. The minimum atomic E-state index is -0.365. The monoisotopic (exact) mass is 194 g/mol. The van der Waals surface area contributed by atoms with E-state index in [0.717, 1.165) is 19.3 Å². The zero-order chi connectivity index (χ0) is 10.2. The Hall–Kier alpha value is -1.23. The number of nitrogens with zero attached hydrogens (tertiary/aromatic N) is 3. The first-order chi connectivity index (χ1) is 6.68. The first-order valence-corrected chi connectivity index (χ1v) is 4.78. The highest BCUT2D eigenvalue weighted by Crippen LogP contribution is 2.33. The summed E-state index contributed by atoms with van der Waals surface area (Å²) in [6, 6.07) is 0. The maximum Gasteiger partial charge on any atom is 0.204 e. The van der Waals surface area contributed by atoms with Crippen molar-refractivity contribution in [2.75, 3.05) is 7.05 Å². The van der Waals surface area contributed by atoms with Gasteiger partial charge in [-0.05, 0) is 26.3 Å². The Morgan fingerprint density at radius 3 is 2.71 bits per heavy atom. The third-order valence-electron chi connectivity index (χ3n) is 2.95. The molecule has 0 aromatic carbocycles. The van der Waals surface area contributed by atoms with Gasteiger partial charge in [-0.2, -0.15) is 15.0 Å². The van der Waals surface area contributed by atoms with Crippen LogP contribution in [0.25, 0.3) is 0 Å². The molecular weight excluding hydrogens is 180 g/mol. The summed E-state index contributed by atoms with van der Waals surface area (Å²) < 4.78 is 0. The SMILES string of the molecule is CNC1(C(=O)c2cnn(C)n2)CCC1. The van der Waals surface area contributed by atoms with E-state index < -0.39 is 0 Å². The lowest BCUT2D eigenvalue weighted by molar-refractivity contribution is 0.0739. The number of likely N-dealkylation sites (N-methyl/N-ethyl adjacent to an activating group) is 1. The number of hydrogen-bond acceptors (Lipinski definition) is 4. The molecule has 1 aromatic heterocycles. The van der Waals surface area contributed by atoms with Gasteiger partial charge in [-0.1, -0.05) is 0 Å². The van der Waals surface area contributed by atoms with Gasteiger partial charge in [-0.3, -0.25) is 4.79 Å². The van der Waals surface area contributed by atoms with Gasteiger partial charge in [0, 0.05) is 7.05 Å². The summed E-state index contributed by atoms with van der Waals surface area (Å²) in [5.41, 5.74) is 0.0947. The van der Waals surface area contributed by atoms with Crippen molar-refractivity contribution in [3.63, 3.8) is 0 Å². The quantitative estimate of drug-likeness (QED) is 0.695. The average Bonchev–Trinajstić information content (AvgIpc) is 2.50. The second-order valence-corrected chi connectivity index (χ2v) is 3.73. The van der Waals surface area contributed by atoms with E-state index >= 15 is 0 Å². The molecule has 0 aliphatic heterocycles. The van der Waals surface area contributed by atoms with Crippen molar-refractivity contribution in [3.05, 3.63) is 11.9 Å². The number of Topliss-reactive ketones (excluding diaryl/α,β-unsaturated/α-hetero) is 1. The molecule has 14 heavy (non-hydrogen) atoms. The van der Waals surface area contributed by atoms with Crippen molar-refractivity contribution in [1.82, 2.24) is 20.3 Å². The molecule has 1 aromatic rings. The minimum absolute atomic E-state index is 0.0688. The number of aryl methyl sites for hydroxylation is 1. The van der Waals surface area contributed by atoms with Gasteiger partial charge in [0.05, 0.1) is 11.7 Å². The molecule has 0 unspecified atom stereocenters.